The SMILES string of the molecule is CC[C@H]1O[C@@H](n2cnc3c(OCC[Si](C)(C)C)nc(NCNC(=O)CC4CCSS4)nc32)C[C@H]1OC(=O)CCC(=O)O. The fourth-order valence-corrected chi connectivity index (χ4v) is 8.15. The van der Waals surface area contributed by atoms with E-state index < -0.39 is 32.3 Å². The van der Waals surface area contributed by atoms with Crippen molar-refractivity contribution in [1.29, 1.82) is 0 Å². The van der Waals surface area contributed by atoms with Crippen LogP contribution in [0.15, 0.2) is 6.33 Å². The molecule has 13 nitrogen and oxygen atoms in total. The summed E-state index contributed by atoms with van der Waals surface area (Å²) in [7, 11) is 2.20. The summed E-state index contributed by atoms with van der Waals surface area (Å²) in [5, 5.41) is 15.2. The van der Waals surface area contributed by atoms with Crippen LogP contribution >= 0.6 is 21.6 Å². The molecule has 232 valence electrons. The Morgan fingerprint density at radius 1 is 1.24 bits per heavy atom. The van der Waals surface area contributed by atoms with Gasteiger partial charge in [-0.2, -0.15) is 9.97 Å². The van der Waals surface area contributed by atoms with Crippen LogP contribution in [0.1, 0.15) is 51.7 Å². The molecule has 2 aliphatic rings. The second-order valence-electron chi connectivity index (χ2n) is 11.5. The Morgan fingerprint density at radius 2 is 2.05 bits per heavy atom. The van der Waals surface area contributed by atoms with Gasteiger partial charge in [0.2, 0.25) is 17.7 Å². The minimum Gasteiger partial charge on any atom is -0.481 e. The van der Waals surface area contributed by atoms with E-state index in [1.807, 2.05) is 6.92 Å². The van der Waals surface area contributed by atoms with E-state index in [-0.39, 0.29) is 37.5 Å². The van der Waals surface area contributed by atoms with E-state index in [0.29, 0.717) is 48.2 Å². The number of imidazole rings is 1. The molecule has 2 aliphatic heterocycles. The van der Waals surface area contributed by atoms with E-state index >= 15 is 0 Å². The van der Waals surface area contributed by atoms with Gasteiger partial charge in [-0.1, -0.05) is 48.2 Å². The molecule has 0 spiro atoms. The van der Waals surface area contributed by atoms with Crippen LogP contribution < -0.4 is 15.4 Å². The van der Waals surface area contributed by atoms with E-state index in [1.165, 1.54) is 0 Å². The van der Waals surface area contributed by atoms with Gasteiger partial charge in [-0.3, -0.25) is 19.0 Å². The molecule has 1 unspecified atom stereocenters. The molecule has 2 aromatic rings. The maximum absolute atomic E-state index is 12.4. The number of carboxylic acids is 1. The summed E-state index contributed by atoms with van der Waals surface area (Å²) in [6, 6.07) is 0.939. The normalized spacial score (nSPS) is 22.3. The van der Waals surface area contributed by atoms with Crippen LogP contribution in [0.4, 0.5) is 5.95 Å². The standard InChI is InChI=1S/C26H40N6O7S2Si/c1-5-17-18(39-22(36)7-6-21(34)35)13-20(38-17)32-15-29-23-24(32)30-26(31-25(23)37-9-11-42(2,3)4)28-14-27-19(33)12-16-8-10-40-41-16/h15-18,20H,5-14H2,1-4H3,(H,27,33)(H,34,35)(H,28,30,31)/t16?,17-,18-,20-/m1/s1. The van der Waals surface area contributed by atoms with Crippen molar-refractivity contribution in [1.82, 2.24) is 24.8 Å². The number of esters is 1. The van der Waals surface area contributed by atoms with E-state index in [4.69, 9.17) is 19.3 Å². The number of rotatable bonds is 15. The molecule has 2 aromatic heterocycles. The van der Waals surface area contributed by atoms with Crippen LogP contribution in [-0.2, 0) is 23.9 Å². The molecule has 0 saturated carbocycles. The van der Waals surface area contributed by atoms with Gasteiger partial charge < -0.3 is 30.0 Å². The average Bonchev–Trinajstić information content (AvgIpc) is 3.67. The summed E-state index contributed by atoms with van der Waals surface area (Å²) in [5.41, 5.74) is 0.966. The molecular weight excluding hydrogens is 601 g/mol. The first-order valence-corrected chi connectivity index (χ1v) is 20.3. The average molecular weight is 641 g/mol. The lowest BCUT2D eigenvalue weighted by Crippen LogP contribution is -2.31. The van der Waals surface area contributed by atoms with Gasteiger partial charge in [0.15, 0.2) is 11.2 Å². The molecule has 42 heavy (non-hydrogen) atoms. The highest BCUT2D eigenvalue weighted by Gasteiger charge is 2.39. The zero-order chi connectivity index (χ0) is 30.3. The quantitative estimate of drug-likeness (QED) is 0.111. The van der Waals surface area contributed by atoms with Crippen molar-refractivity contribution in [3.63, 3.8) is 0 Å². The number of aromatic nitrogens is 4. The molecule has 0 aromatic carbocycles. The van der Waals surface area contributed by atoms with Gasteiger partial charge in [0.25, 0.3) is 0 Å². The third-order valence-electron chi connectivity index (χ3n) is 6.87. The van der Waals surface area contributed by atoms with Crippen molar-refractivity contribution in [3.8, 4) is 5.88 Å². The van der Waals surface area contributed by atoms with Crippen LogP contribution in [0.25, 0.3) is 11.2 Å². The predicted molar refractivity (Wildman–Crippen MR) is 164 cm³/mol. The maximum atomic E-state index is 12.4. The van der Waals surface area contributed by atoms with Crippen LogP contribution in [0.3, 0.4) is 0 Å². The summed E-state index contributed by atoms with van der Waals surface area (Å²) in [4.78, 5) is 49.3. The molecule has 1 amide bonds. The zero-order valence-corrected chi connectivity index (χ0v) is 27.1. The molecule has 4 heterocycles. The number of ether oxygens (including phenoxy) is 3. The molecule has 4 rings (SSSR count). The molecule has 16 heteroatoms. The van der Waals surface area contributed by atoms with Crippen LogP contribution in [0.5, 0.6) is 5.88 Å². The number of carboxylic acid groups (broad SMARTS) is 1. The zero-order valence-electron chi connectivity index (χ0n) is 24.5. The molecule has 2 fully saturated rings. The molecule has 0 aliphatic carbocycles. The number of amides is 1. The summed E-state index contributed by atoms with van der Waals surface area (Å²) in [5.74, 6) is 0.0317. The Labute approximate surface area is 254 Å². The van der Waals surface area contributed by atoms with Crippen molar-refractivity contribution < 1.29 is 33.7 Å². The Kier molecular flexibility index (Phi) is 11.4. The van der Waals surface area contributed by atoms with Gasteiger partial charge >= 0.3 is 11.9 Å². The lowest BCUT2D eigenvalue weighted by molar-refractivity contribution is -0.154. The van der Waals surface area contributed by atoms with Gasteiger partial charge in [0.1, 0.15) is 12.3 Å². The Morgan fingerprint density at radius 3 is 2.74 bits per heavy atom. The first-order chi connectivity index (χ1) is 20.0. The van der Waals surface area contributed by atoms with E-state index in [1.54, 1.807) is 32.5 Å². The third-order valence-corrected chi connectivity index (χ3v) is 11.5. The number of carbonyl (C=O) groups excluding carboxylic acids is 2. The maximum Gasteiger partial charge on any atom is 0.306 e. The van der Waals surface area contributed by atoms with Crippen molar-refractivity contribution in [3.05, 3.63) is 6.33 Å². The van der Waals surface area contributed by atoms with Crippen LogP contribution in [-0.4, -0.2) is 87.0 Å². The minimum absolute atomic E-state index is 0.0332. The number of nitrogens with one attached hydrogen (secondary N) is 2. The second kappa shape index (κ2) is 14.7. The van der Waals surface area contributed by atoms with Crippen molar-refractivity contribution in [2.24, 2.45) is 0 Å². The monoisotopic (exact) mass is 640 g/mol. The van der Waals surface area contributed by atoms with Gasteiger partial charge in [0.05, 0.1) is 38.5 Å². The number of hydrogen-bond donors (Lipinski definition) is 3. The molecular formula is C26H40N6O7S2Si. The Bertz CT molecular complexity index is 1250. The minimum atomic E-state index is -1.36. The fraction of sp³-hybridized carbons (Fsp3) is 0.692. The number of hydrogen-bond acceptors (Lipinski definition) is 12. The number of aliphatic carboxylic acids is 1. The van der Waals surface area contributed by atoms with Gasteiger partial charge in [-0.15, -0.1) is 0 Å². The van der Waals surface area contributed by atoms with Crippen molar-refractivity contribution in [2.75, 3.05) is 24.3 Å². The lowest BCUT2D eigenvalue weighted by atomic mass is 10.1. The van der Waals surface area contributed by atoms with Crippen molar-refractivity contribution in [2.45, 2.75) is 94.8 Å². The summed E-state index contributed by atoms with van der Waals surface area (Å²) < 4.78 is 19.7. The second-order valence-corrected chi connectivity index (χ2v) is 19.9. The number of fused-ring (bicyclic) bond motifs is 1. The van der Waals surface area contributed by atoms with Gasteiger partial charge in [-0.25, -0.2) is 4.98 Å². The van der Waals surface area contributed by atoms with Crippen LogP contribution in [0, 0.1) is 0 Å². The van der Waals surface area contributed by atoms with Gasteiger partial charge in [0, 0.05) is 31.9 Å². The molecule has 4 atom stereocenters. The third kappa shape index (κ3) is 9.22. The van der Waals surface area contributed by atoms with Crippen molar-refractivity contribution >= 4 is 64.6 Å². The lowest BCUT2D eigenvalue weighted by Gasteiger charge is -2.17. The topological polar surface area (TPSA) is 167 Å². The smallest absolute Gasteiger partial charge is 0.306 e. The fourth-order valence-electron chi connectivity index (χ4n) is 4.54. The van der Waals surface area contributed by atoms with E-state index in [0.717, 1.165) is 18.2 Å². The molecule has 2 saturated heterocycles. The van der Waals surface area contributed by atoms with Gasteiger partial charge in [-0.05, 0) is 18.9 Å². The first kappa shape index (κ1) is 32.4. The van der Waals surface area contributed by atoms with Crippen LogP contribution in [0.2, 0.25) is 25.7 Å². The summed E-state index contributed by atoms with van der Waals surface area (Å²) in [6.45, 7) is 9.39. The summed E-state index contributed by atoms with van der Waals surface area (Å²) in [6.07, 6.45) is 2.17. The number of nitrogens with zero attached hydrogens (tertiary/aromatic N) is 4. The van der Waals surface area contributed by atoms with E-state index in [2.05, 4.69) is 45.2 Å². The highest BCUT2D eigenvalue weighted by atomic mass is 33.1. The predicted octanol–water partition coefficient (Wildman–Crippen LogP) is 4.05. The number of anilines is 1. The molecule has 3 N–H and O–H groups in total. The van der Waals surface area contributed by atoms with E-state index in [9.17, 15) is 14.4 Å². The largest absolute Gasteiger partial charge is 0.481 e. The molecule has 0 radical (unpaired) electrons. The highest BCUT2D eigenvalue weighted by molar-refractivity contribution is 8.77. The Balaban J connectivity index is 1.49. The highest BCUT2D eigenvalue weighted by Crippen LogP contribution is 2.39. The Hall–Kier alpha value is -2.56. The number of carbonyl (C=O) groups is 3. The summed E-state index contributed by atoms with van der Waals surface area (Å²) >= 11 is 0. The first-order valence-electron chi connectivity index (χ1n) is 14.3. The molecule has 0 bridgehead atoms.